The zero-order chi connectivity index (χ0) is 14.3. The van der Waals surface area contributed by atoms with Gasteiger partial charge in [0, 0.05) is 31.1 Å². The molecule has 0 saturated heterocycles. The number of aliphatic hydroxyl groups is 1. The van der Waals surface area contributed by atoms with E-state index in [9.17, 15) is 0 Å². The Kier molecular flexibility index (Phi) is 7.17. The number of hydrogen-bond acceptors (Lipinski definition) is 2. The topological polar surface area (TPSA) is 37.2 Å². The van der Waals surface area contributed by atoms with E-state index in [2.05, 4.69) is 43.6 Å². The quantitative estimate of drug-likeness (QED) is 0.721. The van der Waals surface area contributed by atoms with E-state index in [4.69, 9.17) is 5.11 Å². The second-order valence-corrected chi connectivity index (χ2v) is 5.44. The summed E-state index contributed by atoms with van der Waals surface area (Å²) in [6.45, 7) is 12.1. The summed E-state index contributed by atoms with van der Waals surface area (Å²) in [6, 6.07) is 2.28. The molecule has 110 valence electrons. The van der Waals surface area contributed by atoms with E-state index in [0.717, 1.165) is 26.1 Å². The van der Waals surface area contributed by atoms with Crippen molar-refractivity contribution < 1.29 is 5.11 Å². The fraction of sp³-hybridized carbons (Fsp3) is 0.750. The molecule has 3 heteroatoms. The molecule has 0 aromatic carbocycles. The van der Waals surface area contributed by atoms with Crippen molar-refractivity contribution in [3.63, 3.8) is 0 Å². The molecule has 1 unspecified atom stereocenters. The molecule has 0 aliphatic carbocycles. The third kappa shape index (κ3) is 4.66. The Hall–Kier alpha value is -0.800. The lowest BCUT2D eigenvalue weighted by molar-refractivity contribution is 0.248. The first-order valence-corrected chi connectivity index (χ1v) is 7.61. The largest absolute Gasteiger partial charge is 0.396 e. The number of aryl methyl sites for hydroxylation is 1. The molecule has 3 nitrogen and oxygen atoms in total. The predicted octanol–water partition coefficient (Wildman–Crippen LogP) is 3.01. The van der Waals surface area contributed by atoms with Gasteiger partial charge in [-0.2, -0.15) is 0 Å². The first kappa shape index (κ1) is 16.3. The SMILES string of the molecule is CCCC(CCO)CNCc1cc(C)n(CC)c1C. The fourth-order valence-corrected chi connectivity index (χ4v) is 2.89. The summed E-state index contributed by atoms with van der Waals surface area (Å²) >= 11 is 0. The summed E-state index contributed by atoms with van der Waals surface area (Å²) in [5.74, 6) is 0.602. The van der Waals surface area contributed by atoms with Crippen LogP contribution in [0.5, 0.6) is 0 Å². The van der Waals surface area contributed by atoms with Crippen molar-refractivity contribution in [2.24, 2.45) is 5.92 Å². The molecule has 19 heavy (non-hydrogen) atoms. The molecule has 0 bridgehead atoms. The number of aliphatic hydroxyl groups excluding tert-OH is 1. The summed E-state index contributed by atoms with van der Waals surface area (Å²) < 4.78 is 2.36. The van der Waals surface area contributed by atoms with Crippen LogP contribution in [0.1, 0.15) is 50.1 Å². The van der Waals surface area contributed by atoms with Crippen molar-refractivity contribution in [3.05, 3.63) is 23.0 Å². The number of hydrogen-bond donors (Lipinski definition) is 2. The van der Waals surface area contributed by atoms with Gasteiger partial charge >= 0.3 is 0 Å². The molecular formula is C16H30N2O. The van der Waals surface area contributed by atoms with E-state index in [1.54, 1.807) is 0 Å². The van der Waals surface area contributed by atoms with Crippen molar-refractivity contribution in [1.82, 2.24) is 9.88 Å². The van der Waals surface area contributed by atoms with E-state index >= 15 is 0 Å². The molecule has 0 aliphatic rings. The lowest BCUT2D eigenvalue weighted by Gasteiger charge is -2.15. The molecule has 0 amide bonds. The van der Waals surface area contributed by atoms with Crippen molar-refractivity contribution >= 4 is 0 Å². The Labute approximate surface area is 118 Å². The average molecular weight is 266 g/mol. The van der Waals surface area contributed by atoms with Gasteiger partial charge in [-0.3, -0.25) is 0 Å². The van der Waals surface area contributed by atoms with Crippen LogP contribution in [0.4, 0.5) is 0 Å². The molecule has 1 aromatic rings. The standard InChI is InChI=1S/C16H30N2O/c1-5-7-15(8-9-19)11-17-12-16-10-13(3)18(6-2)14(16)4/h10,15,17,19H,5-9,11-12H2,1-4H3. The number of aromatic nitrogens is 1. The number of rotatable bonds is 9. The van der Waals surface area contributed by atoms with E-state index in [1.165, 1.54) is 29.8 Å². The van der Waals surface area contributed by atoms with Crippen LogP contribution in [0.3, 0.4) is 0 Å². The van der Waals surface area contributed by atoms with Crippen LogP contribution in [-0.2, 0) is 13.1 Å². The van der Waals surface area contributed by atoms with Crippen LogP contribution >= 0.6 is 0 Å². The maximum Gasteiger partial charge on any atom is 0.0434 e. The Balaban J connectivity index is 2.48. The van der Waals surface area contributed by atoms with E-state index in [0.29, 0.717) is 12.5 Å². The van der Waals surface area contributed by atoms with Gasteiger partial charge in [-0.05, 0) is 57.7 Å². The number of nitrogens with zero attached hydrogens (tertiary/aromatic N) is 1. The molecule has 0 aliphatic heterocycles. The zero-order valence-corrected chi connectivity index (χ0v) is 13.0. The number of nitrogens with one attached hydrogen (secondary N) is 1. The smallest absolute Gasteiger partial charge is 0.0434 e. The lowest BCUT2D eigenvalue weighted by atomic mass is 10.0. The van der Waals surface area contributed by atoms with Crippen LogP contribution in [-0.4, -0.2) is 22.8 Å². The van der Waals surface area contributed by atoms with Gasteiger partial charge in [0.1, 0.15) is 0 Å². The van der Waals surface area contributed by atoms with Gasteiger partial charge in [0.25, 0.3) is 0 Å². The minimum atomic E-state index is 0.302. The van der Waals surface area contributed by atoms with E-state index in [1.807, 2.05) is 0 Å². The van der Waals surface area contributed by atoms with Gasteiger partial charge in [-0.1, -0.05) is 13.3 Å². The van der Waals surface area contributed by atoms with Gasteiger partial charge in [-0.25, -0.2) is 0 Å². The Morgan fingerprint density at radius 3 is 2.53 bits per heavy atom. The van der Waals surface area contributed by atoms with Gasteiger partial charge in [0.2, 0.25) is 0 Å². The lowest BCUT2D eigenvalue weighted by Crippen LogP contribution is -2.23. The maximum absolute atomic E-state index is 9.06. The first-order chi connectivity index (χ1) is 9.13. The van der Waals surface area contributed by atoms with Crippen molar-refractivity contribution in [2.75, 3.05) is 13.2 Å². The fourth-order valence-electron chi connectivity index (χ4n) is 2.89. The van der Waals surface area contributed by atoms with Crippen molar-refractivity contribution in [3.8, 4) is 0 Å². The van der Waals surface area contributed by atoms with Crippen LogP contribution < -0.4 is 5.32 Å². The van der Waals surface area contributed by atoms with Gasteiger partial charge in [0.15, 0.2) is 0 Å². The molecule has 0 spiro atoms. The highest BCUT2D eigenvalue weighted by Gasteiger charge is 2.09. The minimum absolute atomic E-state index is 0.302. The van der Waals surface area contributed by atoms with E-state index in [-0.39, 0.29) is 0 Å². The van der Waals surface area contributed by atoms with E-state index < -0.39 is 0 Å². The van der Waals surface area contributed by atoms with Crippen molar-refractivity contribution in [2.45, 2.75) is 60.0 Å². The summed E-state index contributed by atoms with van der Waals surface area (Å²) in [4.78, 5) is 0. The van der Waals surface area contributed by atoms with Crippen LogP contribution in [0.2, 0.25) is 0 Å². The van der Waals surface area contributed by atoms with Crippen LogP contribution in [0.25, 0.3) is 0 Å². The monoisotopic (exact) mass is 266 g/mol. The predicted molar refractivity (Wildman–Crippen MR) is 81.4 cm³/mol. The second-order valence-electron chi connectivity index (χ2n) is 5.44. The molecule has 0 fully saturated rings. The Morgan fingerprint density at radius 1 is 1.26 bits per heavy atom. The van der Waals surface area contributed by atoms with Crippen LogP contribution in [0, 0.1) is 19.8 Å². The molecule has 0 radical (unpaired) electrons. The molecule has 0 saturated carbocycles. The highest BCUT2D eigenvalue weighted by molar-refractivity contribution is 5.26. The van der Waals surface area contributed by atoms with Gasteiger partial charge < -0.3 is 15.0 Å². The minimum Gasteiger partial charge on any atom is -0.396 e. The molecule has 1 rings (SSSR count). The third-order valence-electron chi connectivity index (χ3n) is 3.98. The maximum atomic E-state index is 9.06. The van der Waals surface area contributed by atoms with Crippen molar-refractivity contribution in [1.29, 1.82) is 0 Å². The molecule has 1 heterocycles. The van der Waals surface area contributed by atoms with Gasteiger partial charge in [-0.15, -0.1) is 0 Å². The summed E-state index contributed by atoms with van der Waals surface area (Å²) in [5.41, 5.74) is 4.12. The summed E-state index contributed by atoms with van der Waals surface area (Å²) in [5, 5.41) is 12.6. The molecule has 1 atom stereocenters. The third-order valence-corrected chi connectivity index (χ3v) is 3.98. The average Bonchev–Trinajstić information content (AvgIpc) is 2.64. The Bertz CT molecular complexity index is 365. The normalized spacial score (nSPS) is 12.9. The first-order valence-electron chi connectivity index (χ1n) is 7.61. The molecule has 1 aromatic heterocycles. The van der Waals surface area contributed by atoms with Gasteiger partial charge in [0.05, 0.1) is 0 Å². The highest BCUT2D eigenvalue weighted by Crippen LogP contribution is 2.15. The highest BCUT2D eigenvalue weighted by atomic mass is 16.3. The zero-order valence-electron chi connectivity index (χ0n) is 13.0. The second kappa shape index (κ2) is 8.39. The molecule has 2 N–H and O–H groups in total. The summed E-state index contributed by atoms with van der Waals surface area (Å²) in [6.07, 6.45) is 3.30. The summed E-state index contributed by atoms with van der Waals surface area (Å²) in [7, 11) is 0. The Morgan fingerprint density at radius 2 is 2.00 bits per heavy atom. The molecular weight excluding hydrogens is 236 g/mol. The van der Waals surface area contributed by atoms with Crippen LogP contribution in [0.15, 0.2) is 6.07 Å².